The molecule has 0 aliphatic carbocycles. The number of sulfonamides is 1. The molecule has 8 heteroatoms. The molecular weight excluding hydrogens is 436 g/mol. The van der Waals surface area contributed by atoms with E-state index in [2.05, 4.69) is 39.0 Å². The predicted octanol–water partition coefficient (Wildman–Crippen LogP) is 3.89. The van der Waals surface area contributed by atoms with Gasteiger partial charge in [0.05, 0.1) is 0 Å². The van der Waals surface area contributed by atoms with Crippen molar-refractivity contribution in [3.8, 4) is 0 Å². The summed E-state index contributed by atoms with van der Waals surface area (Å²) in [7, 11) is -3.68. The number of benzene rings is 3. The van der Waals surface area contributed by atoms with Crippen molar-refractivity contribution in [3.05, 3.63) is 90.0 Å². The first kappa shape index (κ1) is 22.5. The molecule has 0 radical (unpaired) electrons. The fraction of sp³-hybridized carbons (Fsp3) is 0.200. The molecule has 4 rings (SSSR count). The van der Waals surface area contributed by atoms with Gasteiger partial charge < -0.3 is 15.5 Å². The Labute approximate surface area is 194 Å². The fourth-order valence-corrected chi connectivity index (χ4v) is 4.90. The van der Waals surface area contributed by atoms with Crippen molar-refractivity contribution >= 4 is 33.1 Å². The average molecular weight is 463 g/mol. The SMILES string of the molecule is CCN(CCCNC(=O)c1ccc(NC2=NS(=O)(=O)c3ccccc32)cc1)c1ccccc1. The third-order valence-corrected chi connectivity index (χ3v) is 6.77. The molecule has 3 aromatic rings. The lowest BCUT2D eigenvalue weighted by Gasteiger charge is -2.23. The third-order valence-electron chi connectivity index (χ3n) is 5.43. The largest absolute Gasteiger partial charge is 0.372 e. The van der Waals surface area contributed by atoms with Crippen LogP contribution in [0.5, 0.6) is 0 Å². The zero-order chi connectivity index (χ0) is 23.3. The van der Waals surface area contributed by atoms with Crippen molar-refractivity contribution in [2.24, 2.45) is 4.40 Å². The number of nitrogens with one attached hydrogen (secondary N) is 2. The number of amidine groups is 1. The zero-order valence-corrected chi connectivity index (χ0v) is 19.2. The quantitative estimate of drug-likeness (QED) is 0.496. The number of hydrogen-bond donors (Lipinski definition) is 2. The van der Waals surface area contributed by atoms with Crippen LogP contribution < -0.4 is 15.5 Å². The van der Waals surface area contributed by atoms with Gasteiger partial charge in [-0.25, -0.2) is 0 Å². The van der Waals surface area contributed by atoms with E-state index in [-0.39, 0.29) is 16.6 Å². The summed E-state index contributed by atoms with van der Waals surface area (Å²) in [4.78, 5) is 15.0. The van der Waals surface area contributed by atoms with E-state index in [1.807, 2.05) is 18.2 Å². The standard InChI is InChI=1S/C25H26N4O3S/c1-2-29(21-9-4-3-5-10-21)18-8-17-26-25(30)19-13-15-20(16-14-19)27-24-22-11-6-7-12-23(22)33(31,32)28-24/h3-7,9-16H,2,8,17-18H2,1H3,(H,26,30)(H,27,28). The van der Waals surface area contributed by atoms with Crippen LogP contribution in [0.2, 0.25) is 0 Å². The lowest BCUT2D eigenvalue weighted by molar-refractivity contribution is 0.0953. The number of amides is 1. The van der Waals surface area contributed by atoms with Crippen molar-refractivity contribution in [2.75, 3.05) is 29.9 Å². The second kappa shape index (κ2) is 9.87. The van der Waals surface area contributed by atoms with Gasteiger partial charge in [0.2, 0.25) is 0 Å². The molecule has 170 valence electrons. The summed E-state index contributed by atoms with van der Waals surface area (Å²) in [5.41, 5.74) is 2.91. The Kier molecular flexibility index (Phi) is 6.74. The minimum atomic E-state index is -3.68. The highest BCUT2D eigenvalue weighted by Gasteiger charge is 2.28. The van der Waals surface area contributed by atoms with Gasteiger partial charge in [0, 0.05) is 42.1 Å². The number of fused-ring (bicyclic) bond motifs is 1. The van der Waals surface area contributed by atoms with Crippen LogP contribution in [0, 0.1) is 0 Å². The maximum atomic E-state index is 12.5. The highest BCUT2D eigenvalue weighted by molar-refractivity contribution is 7.90. The Balaban J connectivity index is 1.30. The lowest BCUT2D eigenvalue weighted by atomic mass is 10.1. The van der Waals surface area contributed by atoms with E-state index in [1.165, 1.54) is 11.8 Å². The summed E-state index contributed by atoms with van der Waals surface area (Å²) in [5.74, 6) is 0.136. The van der Waals surface area contributed by atoms with E-state index >= 15 is 0 Å². The molecule has 0 aromatic heterocycles. The van der Waals surface area contributed by atoms with Gasteiger partial charge in [-0.1, -0.05) is 30.3 Å². The Morgan fingerprint density at radius 2 is 1.64 bits per heavy atom. The number of carbonyl (C=O) groups excluding carboxylic acids is 1. The molecule has 0 bridgehead atoms. The second-order valence-electron chi connectivity index (χ2n) is 7.64. The number of para-hydroxylation sites is 1. The number of hydrogen-bond acceptors (Lipinski definition) is 5. The van der Waals surface area contributed by atoms with Crippen LogP contribution in [0.25, 0.3) is 0 Å². The summed E-state index contributed by atoms with van der Waals surface area (Å²) < 4.78 is 28.2. The van der Waals surface area contributed by atoms with E-state index < -0.39 is 10.0 Å². The minimum Gasteiger partial charge on any atom is -0.372 e. The van der Waals surface area contributed by atoms with Crippen LogP contribution in [0.1, 0.15) is 29.3 Å². The van der Waals surface area contributed by atoms with Crippen molar-refractivity contribution in [1.82, 2.24) is 5.32 Å². The van der Waals surface area contributed by atoms with Crippen LogP contribution in [0.15, 0.2) is 88.2 Å². The van der Waals surface area contributed by atoms with E-state index in [4.69, 9.17) is 0 Å². The van der Waals surface area contributed by atoms with E-state index in [0.717, 1.165) is 19.5 Å². The average Bonchev–Trinajstić information content (AvgIpc) is 3.10. The van der Waals surface area contributed by atoms with E-state index in [9.17, 15) is 13.2 Å². The zero-order valence-electron chi connectivity index (χ0n) is 18.4. The Hall–Kier alpha value is -3.65. The molecule has 7 nitrogen and oxygen atoms in total. The van der Waals surface area contributed by atoms with E-state index in [1.54, 1.807) is 42.5 Å². The first-order valence-electron chi connectivity index (χ1n) is 10.9. The fourth-order valence-electron chi connectivity index (χ4n) is 3.72. The van der Waals surface area contributed by atoms with Crippen LogP contribution in [-0.2, 0) is 10.0 Å². The van der Waals surface area contributed by atoms with Gasteiger partial charge in [-0.15, -0.1) is 4.40 Å². The second-order valence-corrected chi connectivity index (χ2v) is 9.21. The van der Waals surface area contributed by atoms with Gasteiger partial charge in [0.25, 0.3) is 15.9 Å². The van der Waals surface area contributed by atoms with Crippen molar-refractivity contribution < 1.29 is 13.2 Å². The Morgan fingerprint density at radius 3 is 2.36 bits per heavy atom. The summed E-state index contributed by atoms with van der Waals surface area (Å²) in [5, 5.41) is 6.00. The molecule has 0 atom stereocenters. The van der Waals surface area contributed by atoms with Crippen LogP contribution in [0.4, 0.5) is 11.4 Å². The van der Waals surface area contributed by atoms with Crippen LogP contribution >= 0.6 is 0 Å². The first-order chi connectivity index (χ1) is 16.0. The molecule has 0 fully saturated rings. The molecule has 1 aliphatic rings. The van der Waals surface area contributed by atoms with Gasteiger partial charge in [-0.2, -0.15) is 8.42 Å². The summed E-state index contributed by atoms with van der Waals surface area (Å²) in [6.07, 6.45) is 0.835. The summed E-state index contributed by atoms with van der Waals surface area (Å²) >= 11 is 0. The van der Waals surface area contributed by atoms with E-state index in [0.29, 0.717) is 23.4 Å². The predicted molar refractivity (Wildman–Crippen MR) is 132 cm³/mol. The highest BCUT2D eigenvalue weighted by atomic mass is 32.2. The third kappa shape index (κ3) is 5.23. The Bertz CT molecular complexity index is 1260. The van der Waals surface area contributed by atoms with Crippen LogP contribution in [-0.4, -0.2) is 39.8 Å². The summed E-state index contributed by atoms with van der Waals surface area (Å²) in [6.45, 7) is 4.46. The van der Waals surface area contributed by atoms with Gasteiger partial charge in [-0.05, 0) is 61.9 Å². The van der Waals surface area contributed by atoms with Gasteiger partial charge in [-0.3, -0.25) is 4.79 Å². The first-order valence-corrected chi connectivity index (χ1v) is 12.3. The van der Waals surface area contributed by atoms with Gasteiger partial charge in [0.15, 0.2) is 5.84 Å². The maximum absolute atomic E-state index is 12.5. The highest BCUT2D eigenvalue weighted by Crippen LogP contribution is 2.26. The molecule has 1 aliphatic heterocycles. The molecular formula is C25H26N4O3S. The van der Waals surface area contributed by atoms with Crippen LogP contribution in [0.3, 0.4) is 0 Å². The van der Waals surface area contributed by atoms with Crippen molar-refractivity contribution in [3.63, 3.8) is 0 Å². The summed E-state index contributed by atoms with van der Waals surface area (Å²) in [6, 6.07) is 23.8. The van der Waals surface area contributed by atoms with Gasteiger partial charge in [0.1, 0.15) is 4.90 Å². The number of anilines is 2. The molecule has 1 heterocycles. The number of rotatable bonds is 8. The van der Waals surface area contributed by atoms with Crippen molar-refractivity contribution in [2.45, 2.75) is 18.2 Å². The minimum absolute atomic E-state index is 0.143. The number of carbonyl (C=O) groups is 1. The molecule has 0 spiro atoms. The molecule has 0 unspecified atom stereocenters. The number of nitrogens with zero attached hydrogens (tertiary/aromatic N) is 2. The molecule has 33 heavy (non-hydrogen) atoms. The smallest absolute Gasteiger partial charge is 0.285 e. The molecule has 0 saturated carbocycles. The molecule has 1 amide bonds. The normalized spacial score (nSPS) is 13.7. The monoisotopic (exact) mass is 462 g/mol. The lowest BCUT2D eigenvalue weighted by Crippen LogP contribution is -2.29. The molecule has 0 saturated heterocycles. The molecule has 3 aromatic carbocycles. The maximum Gasteiger partial charge on any atom is 0.285 e. The topological polar surface area (TPSA) is 90.9 Å². The van der Waals surface area contributed by atoms with Gasteiger partial charge >= 0.3 is 0 Å². The Morgan fingerprint density at radius 1 is 0.939 bits per heavy atom. The molecule has 2 N–H and O–H groups in total. The van der Waals surface area contributed by atoms with Crippen molar-refractivity contribution in [1.29, 1.82) is 0 Å².